The van der Waals surface area contributed by atoms with E-state index in [1.807, 2.05) is 93.6 Å². The number of hydrogen-bond donors (Lipinski definition) is 5. The summed E-state index contributed by atoms with van der Waals surface area (Å²) in [6.45, 7) is 34.7. The molecule has 4 atom stereocenters. The number of oxime groups is 1. The van der Waals surface area contributed by atoms with Crippen LogP contribution in [0.5, 0.6) is 11.5 Å². The number of carbonyl (C=O) groups is 4. The Labute approximate surface area is 807 Å². The number of aliphatic hydroxyl groups is 4. The number of carbonyl (C=O) groups excluding carboxylic acids is 4. The molecule has 0 aliphatic carbocycles. The Bertz CT molecular complexity index is 7380. The number of ether oxygens (including phenoxy) is 6. The Hall–Kier alpha value is -13.0. The lowest BCUT2D eigenvalue weighted by Crippen LogP contribution is -2.51. The van der Waals surface area contributed by atoms with Gasteiger partial charge in [0.15, 0.2) is 33.9 Å². The molecule has 0 saturated carbocycles. The summed E-state index contributed by atoms with van der Waals surface area (Å²) in [7, 11) is 0.0971. The van der Waals surface area contributed by atoms with Crippen LogP contribution in [-0.2, 0) is 124 Å². The number of esters is 4. The summed E-state index contributed by atoms with van der Waals surface area (Å²) in [4.78, 5) is 134. The fourth-order valence-electron chi connectivity index (χ4n) is 20.4. The van der Waals surface area contributed by atoms with Gasteiger partial charge in [0.2, 0.25) is 0 Å². The number of nitrogens with zero attached hydrogens (tertiary/aromatic N) is 11. The summed E-state index contributed by atoms with van der Waals surface area (Å²) in [6, 6.07) is 35.2. The van der Waals surface area contributed by atoms with E-state index in [9.17, 15) is 58.8 Å². The van der Waals surface area contributed by atoms with Crippen molar-refractivity contribution in [2.24, 2.45) is 5.16 Å². The van der Waals surface area contributed by atoms with Crippen LogP contribution >= 0.6 is 0 Å². The van der Waals surface area contributed by atoms with Crippen molar-refractivity contribution in [1.29, 1.82) is 0 Å². The molecule has 0 bridgehead atoms. The Morgan fingerprint density at radius 3 is 1.24 bits per heavy atom. The monoisotopic (exact) mass is 1910 g/mol. The number of rotatable bonds is 12. The van der Waals surface area contributed by atoms with Crippen molar-refractivity contribution in [3.05, 3.63) is 228 Å². The third kappa shape index (κ3) is 16.3. The van der Waals surface area contributed by atoms with Crippen LogP contribution in [0.15, 0.2) is 134 Å². The van der Waals surface area contributed by atoms with Crippen molar-refractivity contribution in [2.45, 2.75) is 250 Å². The quantitative estimate of drug-likeness (QED) is 0.0249. The van der Waals surface area contributed by atoms with Crippen molar-refractivity contribution in [2.75, 3.05) is 57.9 Å². The highest BCUT2D eigenvalue weighted by molar-refractivity contribution is 6.94. The molecule has 0 spiro atoms. The molecule has 12 aromatic rings. The number of aromatic nitrogens is 8. The number of hydrogen-bond acceptors (Lipinski definition) is 27. The fraction of sp³-hybridized carbons (Fsp3) is 0.430. The molecule has 732 valence electrons. The predicted molar refractivity (Wildman–Crippen MR) is 538 cm³/mol. The van der Waals surface area contributed by atoms with Gasteiger partial charge in [0, 0.05) is 99.0 Å². The lowest BCUT2D eigenvalue weighted by molar-refractivity contribution is -0.172. The molecule has 22 rings (SSSR count). The zero-order chi connectivity index (χ0) is 95.6. The lowest BCUT2D eigenvalue weighted by Gasteiger charge is -2.39. The van der Waals surface area contributed by atoms with Crippen molar-refractivity contribution in [3.63, 3.8) is 0 Å². The molecule has 1 saturated heterocycles. The van der Waals surface area contributed by atoms with Crippen LogP contribution < -0.4 is 47.1 Å². The maximum absolute atomic E-state index is 13.7. The second-order valence-electron chi connectivity index (χ2n) is 39.3. The van der Waals surface area contributed by atoms with E-state index in [1.165, 1.54) is 10.8 Å². The first kappa shape index (κ1) is 100. The van der Waals surface area contributed by atoms with Crippen molar-refractivity contribution < 1.29 is 72.9 Å². The number of likely N-dealkylation sites (N-methyl/N-ethyl adjacent to an activating group) is 1. The van der Waals surface area contributed by atoms with Crippen LogP contribution in [0.2, 0.25) is 18.1 Å². The highest BCUT2D eigenvalue weighted by atomic mass is 28.3. The van der Waals surface area contributed by atoms with Gasteiger partial charge in [-0.3, -0.25) is 19.2 Å². The van der Waals surface area contributed by atoms with E-state index in [1.54, 1.807) is 76.4 Å². The van der Waals surface area contributed by atoms with Crippen molar-refractivity contribution in [3.8, 4) is 57.1 Å². The van der Waals surface area contributed by atoms with Crippen LogP contribution in [-0.4, -0.2) is 166 Å². The van der Waals surface area contributed by atoms with Crippen molar-refractivity contribution in [1.82, 2.24) is 48.4 Å². The molecule has 5 N–H and O–H groups in total. The zero-order valence-corrected chi connectivity index (χ0v) is 79.5. The molecule has 32 heteroatoms. The molecule has 139 heavy (non-hydrogen) atoms. The predicted octanol–water partition coefficient (Wildman–Crippen LogP) is 13.8. The lowest BCUT2D eigenvalue weighted by atomic mass is 9.86. The summed E-state index contributed by atoms with van der Waals surface area (Å²) in [5.74, 6) is -1.52. The molecule has 10 aliphatic rings. The average Bonchev–Trinajstić information content (AvgIpc) is 1.58. The summed E-state index contributed by atoms with van der Waals surface area (Å²) < 4.78 is 39.2. The number of anilines is 1. The van der Waals surface area contributed by atoms with E-state index in [0.29, 0.717) is 136 Å². The molecule has 0 unspecified atom stereocenters. The van der Waals surface area contributed by atoms with Gasteiger partial charge in [-0.05, 0) is 142 Å². The largest absolute Gasteiger partial charge is 0.486 e. The third-order valence-electron chi connectivity index (χ3n) is 29.0. The summed E-state index contributed by atoms with van der Waals surface area (Å²) >= 11 is 0. The Balaban J connectivity index is 0.000000139. The molecule has 8 aromatic heterocycles. The highest BCUT2D eigenvalue weighted by Gasteiger charge is 2.52. The smallest absolute Gasteiger partial charge is 0.343 e. The minimum atomic E-state index is -2.02. The van der Waals surface area contributed by atoms with Crippen LogP contribution in [0.1, 0.15) is 216 Å². The molecule has 18 heterocycles. The first-order chi connectivity index (χ1) is 64.3. The molecule has 4 aromatic carbocycles. The number of cyclic esters (lactones) is 4. The summed E-state index contributed by atoms with van der Waals surface area (Å²) in [5.41, 5.74) is 9.41. The minimum Gasteiger partial charge on any atom is -0.486 e. The maximum Gasteiger partial charge on any atom is 0.343 e. The van der Waals surface area contributed by atoms with Gasteiger partial charge < -0.3 is 87.1 Å². The molecule has 31 nitrogen and oxygen atoms in total. The molecule has 1 fully saturated rings. The second-order valence-corrected chi connectivity index (χ2v) is 44.6. The molecule has 10 aliphatic heterocycles. The molecular weight excluding hydrogens is 1790 g/mol. The van der Waals surface area contributed by atoms with E-state index < -0.39 is 60.0 Å². The topological polar surface area (TPSA) is 384 Å². The first-order valence-corrected chi connectivity index (χ1v) is 49.4. The van der Waals surface area contributed by atoms with E-state index >= 15 is 0 Å². The second kappa shape index (κ2) is 37.0. The Morgan fingerprint density at radius 2 is 0.813 bits per heavy atom. The SMILES string of the molecule is C.C.C.C.CC[C@@]1(O)C(=O)OCc2c1cc1n(c2=O)Cc2c-1nc1cc3c(cc1c2N1CCN(C)CC1)OCCO3.CC[C@@]1(O)C(=O)OCc2c1cc1n(c2=O)Cc2c-1nc1ccccc1c2/C=N/OC(C)(C)C.CC[C@@]1(O)C(=O)OCc2c1cc1n(c2=O)Cc2c-1nc1ccccc1c2CCNC(C)C.CC[C@@]1(O)C(=O)OCc2c1cc1n(c2=O)Cc2c-1nc1ccccc1c2[Si](C)(C)C(C)(C)C. The van der Waals surface area contributed by atoms with Crippen molar-refractivity contribution >= 4 is 92.7 Å². The van der Waals surface area contributed by atoms with E-state index in [4.69, 9.17) is 53.2 Å². The van der Waals surface area contributed by atoms with Gasteiger partial charge in [0.1, 0.15) is 45.2 Å². The highest BCUT2D eigenvalue weighted by Crippen LogP contribution is 2.50. The maximum atomic E-state index is 13.7. The standard InChI is InChI=1S/C27H28N4O6.C26H30N2O4Si.C25H25N3O5.C25H27N3O4.4CH4/c1-3-27(34)18-11-20-23-16(13-31(20)25(32)17(18)14-37-26(27)33)24(30-6-4-29(2)5-7-30)15-10-21-22(12-19(15)28-23)36-9-8-35-21;1-7-26(31)18-12-20-21-16(13-28(20)23(29)17(18)14-32-24(26)30)22(33(5,6)25(2,3)4)15-10-8-9-11-19(15)27-21;1-5-25(31)18-10-20-21-16(12-28(20)22(29)17(18)13-32-23(25)30)15(11-26-33-24(2,3)4)14-8-6-7-9-19(14)27-21;1-4-25(31)19-11-21-22-17(12-28(21)23(29)18(19)13-32-24(25)30)15(9-10-26-14(2)3)16-7-5-6-8-20(16)27-22;;;;/h10-12,34H,3-9,13-14H2,1-2H3;8-12,31H,7,13-14H2,1-6H3;6-11,31H,5,12-13H2,1-4H3;5-8,11,14,26,31H,4,9-10,12-13H2,1-3H3;4*1H4/b;;26-11+;;;;;/t27-;26-;2*25-;;;;/m0000..../s1. The van der Waals surface area contributed by atoms with Gasteiger partial charge >= 0.3 is 23.9 Å². The number of pyridine rings is 8. The Kier molecular flexibility index (Phi) is 26.7. The van der Waals surface area contributed by atoms with Gasteiger partial charge in [0.25, 0.3) is 22.2 Å². The van der Waals surface area contributed by atoms with Gasteiger partial charge in [-0.2, -0.15) is 0 Å². The van der Waals surface area contributed by atoms with E-state index in [0.717, 1.165) is 128 Å². The van der Waals surface area contributed by atoms with Crippen LogP contribution in [0, 0.1) is 0 Å². The van der Waals surface area contributed by atoms with E-state index in [2.05, 4.69) is 87.2 Å². The Morgan fingerprint density at radius 1 is 0.453 bits per heavy atom. The molecule has 0 amide bonds. The number of benzene rings is 4. The minimum absolute atomic E-state index is 0. The molecule has 0 radical (unpaired) electrons. The fourth-order valence-corrected chi connectivity index (χ4v) is 23.0. The van der Waals surface area contributed by atoms with Gasteiger partial charge in [-0.25, -0.2) is 39.1 Å². The van der Waals surface area contributed by atoms with Gasteiger partial charge in [-0.1, -0.05) is 165 Å². The van der Waals surface area contributed by atoms with Gasteiger partial charge in [-0.15, -0.1) is 0 Å². The summed E-state index contributed by atoms with van der Waals surface area (Å²) in [5, 5.41) is 57.6. The van der Waals surface area contributed by atoms with Crippen LogP contribution in [0.4, 0.5) is 5.69 Å². The average molecular weight is 1910 g/mol. The first-order valence-electron chi connectivity index (χ1n) is 46.4. The number of fused-ring (bicyclic) bond motifs is 21. The normalized spacial score (nSPS) is 19.7. The summed E-state index contributed by atoms with van der Waals surface area (Å²) in [6.07, 6.45) is 2.95. The van der Waals surface area contributed by atoms with Crippen LogP contribution in [0.25, 0.3) is 89.2 Å². The zero-order valence-electron chi connectivity index (χ0n) is 78.5. The van der Waals surface area contributed by atoms with Crippen LogP contribution in [0.3, 0.4) is 0 Å². The molecular formula is C107H126N12O19Si. The number of piperazine rings is 1. The number of para-hydroxylation sites is 3. The third-order valence-corrected chi connectivity index (χ3v) is 34.6. The number of nitrogens with one attached hydrogen (secondary N) is 1. The van der Waals surface area contributed by atoms with E-state index in [-0.39, 0.29) is 109 Å². The van der Waals surface area contributed by atoms with Gasteiger partial charge in [0.05, 0.1) is 136 Å².